The van der Waals surface area contributed by atoms with E-state index < -0.39 is 6.04 Å². The fourth-order valence-corrected chi connectivity index (χ4v) is 1.50. The first-order chi connectivity index (χ1) is 8.74. The van der Waals surface area contributed by atoms with Crippen molar-refractivity contribution in [3.8, 4) is 0 Å². The summed E-state index contributed by atoms with van der Waals surface area (Å²) < 4.78 is 5.03. The van der Waals surface area contributed by atoms with Gasteiger partial charge in [-0.05, 0) is 12.0 Å². The topological polar surface area (TPSA) is 84.6 Å². The summed E-state index contributed by atoms with van der Waals surface area (Å²) in [5.41, 5.74) is 6.84. The smallest absolute Gasteiger partial charge is 0.237 e. The maximum Gasteiger partial charge on any atom is 0.237 e. The van der Waals surface area contributed by atoms with Crippen LogP contribution in [0.25, 0.3) is 0 Å². The molecule has 1 aromatic rings. The Morgan fingerprint density at radius 1 is 1.33 bits per heavy atom. The van der Waals surface area contributed by atoms with Crippen LogP contribution in [0, 0.1) is 0 Å². The van der Waals surface area contributed by atoms with Crippen molar-refractivity contribution in [2.75, 3.05) is 26.4 Å². The van der Waals surface area contributed by atoms with E-state index in [2.05, 4.69) is 5.32 Å². The second-order valence-electron chi connectivity index (χ2n) is 3.92. The van der Waals surface area contributed by atoms with Gasteiger partial charge in [0.25, 0.3) is 0 Å². The molecule has 4 N–H and O–H groups in total. The van der Waals surface area contributed by atoms with E-state index in [1.165, 1.54) is 0 Å². The standard InChI is InChI=1S/C13H20N2O3/c14-12(10-11-4-2-1-3-5-11)13(17)15-6-8-18-9-7-16/h1-5,12,16H,6-10,14H2,(H,15,17)/t12-/m0/s1. The van der Waals surface area contributed by atoms with Crippen LogP contribution in [0.4, 0.5) is 0 Å². The van der Waals surface area contributed by atoms with Gasteiger partial charge in [0.05, 0.1) is 25.9 Å². The summed E-state index contributed by atoms with van der Waals surface area (Å²) in [5, 5.41) is 11.2. The van der Waals surface area contributed by atoms with Crippen molar-refractivity contribution in [2.45, 2.75) is 12.5 Å². The van der Waals surface area contributed by atoms with Crippen molar-refractivity contribution in [1.29, 1.82) is 0 Å². The first kappa shape index (κ1) is 14.6. The van der Waals surface area contributed by atoms with E-state index in [-0.39, 0.29) is 19.1 Å². The highest BCUT2D eigenvalue weighted by atomic mass is 16.5. The molecule has 1 aromatic carbocycles. The summed E-state index contributed by atoms with van der Waals surface area (Å²) in [6.45, 7) is 1.05. The molecule has 0 aromatic heterocycles. The third kappa shape index (κ3) is 5.77. The highest BCUT2D eigenvalue weighted by Gasteiger charge is 2.12. The van der Waals surface area contributed by atoms with Gasteiger partial charge in [-0.15, -0.1) is 0 Å². The molecule has 1 amide bonds. The van der Waals surface area contributed by atoms with E-state index in [1.54, 1.807) is 0 Å². The highest BCUT2D eigenvalue weighted by molar-refractivity contribution is 5.81. The van der Waals surface area contributed by atoms with E-state index in [0.717, 1.165) is 5.56 Å². The van der Waals surface area contributed by atoms with Crippen molar-refractivity contribution in [1.82, 2.24) is 5.32 Å². The number of nitrogens with two attached hydrogens (primary N) is 1. The third-order valence-electron chi connectivity index (χ3n) is 2.42. The van der Waals surface area contributed by atoms with Gasteiger partial charge < -0.3 is 20.9 Å². The number of hydrogen-bond donors (Lipinski definition) is 3. The first-order valence-electron chi connectivity index (χ1n) is 6.00. The van der Waals surface area contributed by atoms with E-state index in [9.17, 15) is 4.79 Å². The van der Waals surface area contributed by atoms with Crippen molar-refractivity contribution < 1.29 is 14.6 Å². The largest absolute Gasteiger partial charge is 0.394 e. The number of ether oxygens (including phenoxy) is 1. The van der Waals surface area contributed by atoms with Crippen LogP contribution >= 0.6 is 0 Å². The van der Waals surface area contributed by atoms with E-state index >= 15 is 0 Å². The van der Waals surface area contributed by atoms with Crippen LogP contribution in [-0.2, 0) is 16.0 Å². The van der Waals surface area contributed by atoms with Crippen LogP contribution in [0.2, 0.25) is 0 Å². The fraction of sp³-hybridized carbons (Fsp3) is 0.462. The second kappa shape index (κ2) is 8.63. The van der Waals surface area contributed by atoms with Crippen LogP contribution in [0.3, 0.4) is 0 Å². The van der Waals surface area contributed by atoms with Gasteiger partial charge in [-0.3, -0.25) is 4.79 Å². The molecule has 0 saturated heterocycles. The van der Waals surface area contributed by atoms with Gasteiger partial charge >= 0.3 is 0 Å². The number of rotatable bonds is 8. The quantitative estimate of drug-likeness (QED) is 0.554. The zero-order valence-corrected chi connectivity index (χ0v) is 10.3. The van der Waals surface area contributed by atoms with E-state index in [4.69, 9.17) is 15.6 Å². The Morgan fingerprint density at radius 3 is 2.72 bits per heavy atom. The molecule has 0 aliphatic heterocycles. The Balaban J connectivity index is 2.21. The Kier molecular flexibility index (Phi) is 7.01. The molecule has 0 unspecified atom stereocenters. The minimum Gasteiger partial charge on any atom is -0.394 e. The van der Waals surface area contributed by atoms with Crippen molar-refractivity contribution in [3.05, 3.63) is 35.9 Å². The molecule has 1 atom stereocenters. The summed E-state index contributed by atoms with van der Waals surface area (Å²) in [6.07, 6.45) is 0.518. The third-order valence-corrected chi connectivity index (χ3v) is 2.42. The van der Waals surface area contributed by atoms with Crippen molar-refractivity contribution in [3.63, 3.8) is 0 Å². The van der Waals surface area contributed by atoms with Gasteiger partial charge in [0.1, 0.15) is 0 Å². The predicted octanol–water partition coefficient (Wildman–Crippen LogP) is -0.318. The number of benzene rings is 1. The lowest BCUT2D eigenvalue weighted by atomic mass is 10.1. The average Bonchev–Trinajstić information content (AvgIpc) is 2.39. The number of carbonyl (C=O) groups is 1. The molecule has 18 heavy (non-hydrogen) atoms. The maximum atomic E-state index is 11.6. The van der Waals surface area contributed by atoms with Gasteiger partial charge in [-0.25, -0.2) is 0 Å². The summed E-state index contributed by atoms with van der Waals surface area (Å²) >= 11 is 0. The Morgan fingerprint density at radius 2 is 2.06 bits per heavy atom. The summed E-state index contributed by atoms with van der Waals surface area (Å²) in [4.78, 5) is 11.6. The monoisotopic (exact) mass is 252 g/mol. The summed E-state index contributed by atoms with van der Waals surface area (Å²) in [6, 6.07) is 9.10. The molecule has 5 nitrogen and oxygen atoms in total. The SMILES string of the molecule is N[C@@H](Cc1ccccc1)C(=O)NCCOCCO. The number of aliphatic hydroxyl groups excluding tert-OH is 1. The Bertz CT molecular complexity index is 343. The molecular weight excluding hydrogens is 232 g/mol. The highest BCUT2D eigenvalue weighted by Crippen LogP contribution is 2.01. The van der Waals surface area contributed by atoms with E-state index in [0.29, 0.717) is 19.6 Å². The summed E-state index contributed by atoms with van der Waals surface area (Å²) in [7, 11) is 0. The van der Waals surface area contributed by atoms with Gasteiger partial charge in [0.2, 0.25) is 5.91 Å². The second-order valence-corrected chi connectivity index (χ2v) is 3.92. The molecule has 0 heterocycles. The van der Waals surface area contributed by atoms with Crippen molar-refractivity contribution in [2.24, 2.45) is 5.73 Å². The number of nitrogens with one attached hydrogen (secondary N) is 1. The first-order valence-corrected chi connectivity index (χ1v) is 6.00. The molecule has 0 radical (unpaired) electrons. The Labute approximate surface area is 107 Å². The molecule has 0 aliphatic carbocycles. The molecule has 100 valence electrons. The molecule has 1 rings (SSSR count). The van der Waals surface area contributed by atoms with Gasteiger partial charge in [0.15, 0.2) is 0 Å². The summed E-state index contributed by atoms with van der Waals surface area (Å²) in [5.74, 6) is -0.188. The fourth-order valence-electron chi connectivity index (χ4n) is 1.50. The predicted molar refractivity (Wildman–Crippen MR) is 69.0 cm³/mol. The normalized spacial score (nSPS) is 12.1. The minimum absolute atomic E-state index is 0.0124. The van der Waals surface area contributed by atoms with Crippen LogP contribution < -0.4 is 11.1 Å². The van der Waals surface area contributed by atoms with Crippen LogP contribution in [0.15, 0.2) is 30.3 Å². The zero-order valence-electron chi connectivity index (χ0n) is 10.3. The Hall–Kier alpha value is -1.43. The number of amides is 1. The molecule has 0 spiro atoms. The molecular formula is C13H20N2O3. The lowest BCUT2D eigenvalue weighted by Crippen LogP contribution is -2.43. The van der Waals surface area contributed by atoms with Gasteiger partial charge in [-0.1, -0.05) is 30.3 Å². The average molecular weight is 252 g/mol. The number of aliphatic hydroxyl groups is 1. The molecule has 0 fully saturated rings. The molecule has 0 aliphatic rings. The number of hydrogen-bond acceptors (Lipinski definition) is 4. The molecule has 0 saturated carbocycles. The number of carbonyl (C=O) groups excluding carboxylic acids is 1. The van der Waals surface area contributed by atoms with Gasteiger partial charge in [0, 0.05) is 6.54 Å². The van der Waals surface area contributed by atoms with Crippen LogP contribution in [0.5, 0.6) is 0 Å². The van der Waals surface area contributed by atoms with Crippen molar-refractivity contribution >= 4 is 5.91 Å². The molecule has 5 heteroatoms. The zero-order chi connectivity index (χ0) is 13.2. The maximum absolute atomic E-state index is 11.6. The lowest BCUT2D eigenvalue weighted by Gasteiger charge is -2.12. The minimum atomic E-state index is -0.551. The van der Waals surface area contributed by atoms with Crippen LogP contribution in [-0.4, -0.2) is 43.4 Å². The van der Waals surface area contributed by atoms with Crippen LogP contribution in [0.1, 0.15) is 5.56 Å². The lowest BCUT2D eigenvalue weighted by molar-refractivity contribution is -0.122. The molecule has 0 bridgehead atoms. The van der Waals surface area contributed by atoms with E-state index in [1.807, 2.05) is 30.3 Å². The van der Waals surface area contributed by atoms with Gasteiger partial charge in [-0.2, -0.15) is 0 Å².